The van der Waals surface area contributed by atoms with Gasteiger partial charge < -0.3 is 19.4 Å². The van der Waals surface area contributed by atoms with Crippen molar-refractivity contribution in [1.29, 1.82) is 0 Å². The van der Waals surface area contributed by atoms with Crippen LogP contribution in [-0.2, 0) is 4.74 Å². The van der Waals surface area contributed by atoms with Crippen molar-refractivity contribution in [3.05, 3.63) is 40.5 Å². The van der Waals surface area contributed by atoms with Gasteiger partial charge in [-0.2, -0.15) is 0 Å². The Labute approximate surface area is 90.6 Å². The van der Waals surface area contributed by atoms with E-state index in [1.165, 1.54) is 24.5 Å². The molecule has 0 amide bonds. The SMILES string of the molecule is O=c1ccoc(C2=C[C@@H](O)[C@@H]3O[C@@H]3[C@H]2O)c1. The van der Waals surface area contributed by atoms with Crippen LogP contribution in [0, 0.1) is 0 Å². The van der Waals surface area contributed by atoms with Crippen molar-refractivity contribution >= 4 is 5.57 Å². The highest BCUT2D eigenvalue weighted by molar-refractivity contribution is 5.68. The van der Waals surface area contributed by atoms with E-state index < -0.39 is 12.2 Å². The number of hydrogen-bond donors (Lipinski definition) is 2. The van der Waals surface area contributed by atoms with E-state index in [1.807, 2.05) is 0 Å². The molecule has 2 aliphatic rings. The fourth-order valence-electron chi connectivity index (χ4n) is 1.98. The minimum Gasteiger partial charge on any atom is -0.464 e. The summed E-state index contributed by atoms with van der Waals surface area (Å²) >= 11 is 0. The molecule has 0 spiro atoms. The predicted octanol–water partition coefficient (Wildman–Crippen LogP) is -0.474. The van der Waals surface area contributed by atoms with Crippen LogP contribution in [0.25, 0.3) is 5.57 Å². The van der Waals surface area contributed by atoms with Crippen molar-refractivity contribution in [2.75, 3.05) is 0 Å². The second-order valence-electron chi connectivity index (χ2n) is 3.95. The van der Waals surface area contributed by atoms with Gasteiger partial charge in [0.1, 0.15) is 30.2 Å². The smallest absolute Gasteiger partial charge is 0.185 e. The summed E-state index contributed by atoms with van der Waals surface area (Å²) in [6, 6.07) is 2.57. The van der Waals surface area contributed by atoms with E-state index in [9.17, 15) is 15.0 Å². The van der Waals surface area contributed by atoms with E-state index in [4.69, 9.17) is 9.15 Å². The van der Waals surface area contributed by atoms with Crippen LogP contribution in [0.5, 0.6) is 0 Å². The molecule has 5 heteroatoms. The van der Waals surface area contributed by atoms with E-state index in [0.717, 1.165) is 0 Å². The molecule has 1 aromatic heterocycles. The van der Waals surface area contributed by atoms with Gasteiger partial charge in [0.2, 0.25) is 0 Å². The van der Waals surface area contributed by atoms with E-state index >= 15 is 0 Å². The van der Waals surface area contributed by atoms with Crippen molar-refractivity contribution in [3.63, 3.8) is 0 Å². The Morgan fingerprint density at radius 1 is 1.25 bits per heavy atom. The van der Waals surface area contributed by atoms with Gasteiger partial charge in [-0.3, -0.25) is 4.79 Å². The first-order valence-corrected chi connectivity index (χ1v) is 4.99. The van der Waals surface area contributed by atoms with Crippen LogP contribution in [0.1, 0.15) is 5.76 Å². The lowest BCUT2D eigenvalue weighted by molar-refractivity contribution is 0.177. The molecule has 0 saturated carbocycles. The number of rotatable bonds is 1. The van der Waals surface area contributed by atoms with Crippen molar-refractivity contribution in [2.24, 2.45) is 0 Å². The molecule has 3 rings (SSSR count). The highest BCUT2D eigenvalue weighted by Gasteiger charge is 2.53. The number of fused-ring (bicyclic) bond motifs is 1. The summed E-state index contributed by atoms with van der Waals surface area (Å²) in [5.41, 5.74) is 0.201. The van der Waals surface area contributed by atoms with Crippen LogP contribution < -0.4 is 5.43 Å². The number of epoxide rings is 1. The van der Waals surface area contributed by atoms with Crippen LogP contribution in [0.4, 0.5) is 0 Å². The molecule has 1 aliphatic heterocycles. The van der Waals surface area contributed by atoms with E-state index in [0.29, 0.717) is 5.57 Å². The fraction of sp³-hybridized carbons (Fsp3) is 0.364. The third kappa shape index (κ3) is 1.41. The van der Waals surface area contributed by atoms with Gasteiger partial charge in [-0.15, -0.1) is 0 Å². The molecule has 2 heterocycles. The third-order valence-corrected chi connectivity index (χ3v) is 2.86. The van der Waals surface area contributed by atoms with Gasteiger partial charge in [0.15, 0.2) is 5.43 Å². The first-order chi connectivity index (χ1) is 7.66. The van der Waals surface area contributed by atoms with Crippen LogP contribution >= 0.6 is 0 Å². The van der Waals surface area contributed by atoms with E-state index in [1.54, 1.807) is 0 Å². The number of hydrogen-bond acceptors (Lipinski definition) is 5. The Bertz CT molecular complexity index is 503. The third-order valence-electron chi connectivity index (χ3n) is 2.86. The van der Waals surface area contributed by atoms with Gasteiger partial charge in [-0.25, -0.2) is 0 Å². The summed E-state index contributed by atoms with van der Waals surface area (Å²) in [4.78, 5) is 11.2. The van der Waals surface area contributed by atoms with Crippen LogP contribution in [-0.4, -0.2) is 34.6 Å². The van der Waals surface area contributed by atoms with Crippen molar-refractivity contribution in [2.45, 2.75) is 24.4 Å². The standard InChI is InChI=1S/C11H10O5/c12-5-1-2-15-8(3-5)6-4-7(13)10-11(16-10)9(6)14/h1-4,7,9-11,13-14H/t7-,9+,10+,11-/m1/s1. The summed E-state index contributed by atoms with van der Waals surface area (Å²) in [5, 5.41) is 19.5. The molecule has 84 valence electrons. The molecule has 16 heavy (non-hydrogen) atoms. The molecule has 0 unspecified atom stereocenters. The molecule has 0 aromatic carbocycles. The lowest BCUT2D eigenvalue weighted by atomic mass is 9.93. The molecule has 0 bridgehead atoms. The van der Waals surface area contributed by atoms with Gasteiger partial charge in [0.05, 0.1) is 6.26 Å². The largest absolute Gasteiger partial charge is 0.464 e. The zero-order valence-electron chi connectivity index (χ0n) is 8.24. The Morgan fingerprint density at radius 3 is 2.81 bits per heavy atom. The summed E-state index contributed by atoms with van der Waals surface area (Å²) in [6.45, 7) is 0. The number of ether oxygens (including phenoxy) is 1. The highest BCUT2D eigenvalue weighted by Crippen LogP contribution is 2.39. The van der Waals surface area contributed by atoms with Crippen molar-refractivity contribution in [3.8, 4) is 0 Å². The maximum Gasteiger partial charge on any atom is 0.185 e. The number of aliphatic hydroxyl groups excluding tert-OH is 2. The summed E-state index contributed by atoms with van der Waals surface area (Å²) in [7, 11) is 0. The molecule has 0 radical (unpaired) electrons. The van der Waals surface area contributed by atoms with Gasteiger partial charge in [0, 0.05) is 17.7 Å². The van der Waals surface area contributed by atoms with E-state index in [-0.39, 0.29) is 23.4 Å². The quantitative estimate of drug-likeness (QED) is 0.627. The second-order valence-corrected chi connectivity index (χ2v) is 3.95. The first kappa shape index (κ1) is 9.77. The van der Waals surface area contributed by atoms with Gasteiger partial charge >= 0.3 is 0 Å². The molecule has 4 atom stereocenters. The van der Waals surface area contributed by atoms with Crippen LogP contribution in [0.3, 0.4) is 0 Å². The normalized spacial score (nSPS) is 36.5. The molecule has 1 saturated heterocycles. The van der Waals surface area contributed by atoms with Crippen molar-refractivity contribution in [1.82, 2.24) is 0 Å². The van der Waals surface area contributed by atoms with E-state index in [2.05, 4.69) is 0 Å². The molecule has 2 N–H and O–H groups in total. The summed E-state index contributed by atoms with van der Waals surface area (Å²) < 4.78 is 10.3. The Balaban J connectivity index is 2.03. The molecule has 1 fully saturated rings. The second kappa shape index (κ2) is 3.28. The lowest BCUT2D eigenvalue weighted by Crippen LogP contribution is -2.29. The van der Waals surface area contributed by atoms with Crippen LogP contribution in [0.15, 0.2) is 33.7 Å². The van der Waals surface area contributed by atoms with Crippen LogP contribution in [0.2, 0.25) is 0 Å². The fourth-order valence-corrected chi connectivity index (χ4v) is 1.98. The average molecular weight is 222 g/mol. The molecular formula is C11H10O5. The predicted molar refractivity (Wildman–Crippen MR) is 53.6 cm³/mol. The zero-order chi connectivity index (χ0) is 11.3. The molecule has 5 nitrogen and oxygen atoms in total. The minimum absolute atomic E-state index is 0.206. The van der Waals surface area contributed by atoms with Gasteiger partial charge in [-0.05, 0) is 6.08 Å². The Kier molecular flexibility index (Phi) is 2.00. The molecular weight excluding hydrogens is 212 g/mol. The topological polar surface area (TPSA) is 83.2 Å². The Morgan fingerprint density at radius 2 is 2.06 bits per heavy atom. The Hall–Kier alpha value is -1.43. The zero-order valence-corrected chi connectivity index (χ0v) is 8.24. The van der Waals surface area contributed by atoms with Crippen molar-refractivity contribution < 1.29 is 19.4 Å². The van der Waals surface area contributed by atoms with Gasteiger partial charge in [-0.1, -0.05) is 0 Å². The number of aliphatic hydroxyl groups is 2. The molecule has 1 aliphatic carbocycles. The summed E-state index contributed by atoms with van der Waals surface area (Å²) in [5.74, 6) is 0.271. The minimum atomic E-state index is -0.848. The highest BCUT2D eigenvalue weighted by atomic mass is 16.6. The van der Waals surface area contributed by atoms with Gasteiger partial charge in [0.25, 0.3) is 0 Å². The summed E-state index contributed by atoms with van der Waals surface area (Å²) in [6.07, 6.45) is 0.414. The maximum absolute atomic E-state index is 11.2. The first-order valence-electron chi connectivity index (χ1n) is 4.99. The maximum atomic E-state index is 11.2. The monoisotopic (exact) mass is 222 g/mol. The molecule has 1 aromatic rings. The average Bonchev–Trinajstić information content (AvgIpc) is 3.04. The lowest BCUT2D eigenvalue weighted by Gasteiger charge is -2.17.